The zero-order valence-electron chi connectivity index (χ0n) is 11.3. The summed E-state index contributed by atoms with van der Waals surface area (Å²) in [5, 5.41) is 3.03. The Hall–Kier alpha value is -0.870. The van der Waals surface area contributed by atoms with Crippen LogP contribution in [0.25, 0.3) is 0 Å². The van der Waals surface area contributed by atoms with Crippen LogP contribution in [0, 0.1) is 18.8 Å². The van der Waals surface area contributed by atoms with Crippen LogP contribution in [-0.2, 0) is 4.79 Å². The van der Waals surface area contributed by atoms with Gasteiger partial charge in [0.15, 0.2) is 0 Å². The third-order valence-electron chi connectivity index (χ3n) is 3.93. The molecular formula is C15H21BrN2O. The van der Waals surface area contributed by atoms with E-state index in [1.807, 2.05) is 25.1 Å². The van der Waals surface area contributed by atoms with E-state index in [9.17, 15) is 4.79 Å². The fourth-order valence-electron chi connectivity index (χ4n) is 2.78. The van der Waals surface area contributed by atoms with Gasteiger partial charge in [-0.1, -0.05) is 18.9 Å². The second-order valence-electron chi connectivity index (χ2n) is 5.36. The van der Waals surface area contributed by atoms with Crippen LogP contribution in [0.1, 0.15) is 31.2 Å². The Bertz CT molecular complexity index is 461. The molecule has 1 aromatic rings. The summed E-state index contributed by atoms with van der Waals surface area (Å²) >= 11 is 3.49. The minimum Gasteiger partial charge on any atom is -0.330 e. The lowest BCUT2D eigenvalue weighted by Crippen LogP contribution is -2.35. The quantitative estimate of drug-likeness (QED) is 0.894. The number of amides is 1. The lowest BCUT2D eigenvalue weighted by Gasteiger charge is -2.29. The molecule has 0 saturated heterocycles. The number of hydrogen-bond donors (Lipinski definition) is 2. The molecule has 19 heavy (non-hydrogen) atoms. The molecule has 2 atom stereocenters. The lowest BCUT2D eigenvalue weighted by molar-refractivity contribution is -0.122. The average molecular weight is 325 g/mol. The van der Waals surface area contributed by atoms with Gasteiger partial charge < -0.3 is 11.1 Å². The van der Waals surface area contributed by atoms with E-state index in [-0.39, 0.29) is 11.8 Å². The summed E-state index contributed by atoms with van der Waals surface area (Å²) in [4.78, 5) is 12.4. The largest absolute Gasteiger partial charge is 0.330 e. The Morgan fingerprint density at radius 2 is 2.16 bits per heavy atom. The molecule has 0 aromatic heterocycles. The first-order chi connectivity index (χ1) is 9.11. The number of rotatable bonds is 3. The zero-order valence-corrected chi connectivity index (χ0v) is 12.9. The van der Waals surface area contributed by atoms with Crippen molar-refractivity contribution in [3.63, 3.8) is 0 Å². The van der Waals surface area contributed by atoms with Crippen LogP contribution in [0.4, 0.5) is 5.69 Å². The maximum Gasteiger partial charge on any atom is 0.227 e. The van der Waals surface area contributed by atoms with E-state index in [4.69, 9.17) is 5.73 Å². The van der Waals surface area contributed by atoms with Crippen molar-refractivity contribution in [1.82, 2.24) is 0 Å². The summed E-state index contributed by atoms with van der Waals surface area (Å²) in [6.07, 6.45) is 4.35. The van der Waals surface area contributed by atoms with Crippen molar-refractivity contribution in [3.8, 4) is 0 Å². The molecule has 1 aliphatic rings. The average Bonchev–Trinajstić information content (AvgIpc) is 2.41. The van der Waals surface area contributed by atoms with Crippen molar-refractivity contribution in [2.75, 3.05) is 11.9 Å². The Kier molecular flexibility index (Phi) is 4.99. The maximum atomic E-state index is 12.4. The summed E-state index contributed by atoms with van der Waals surface area (Å²) < 4.78 is 0.931. The number of anilines is 1. The minimum atomic E-state index is 0.0620. The van der Waals surface area contributed by atoms with Crippen LogP contribution in [0.3, 0.4) is 0 Å². The number of benzene rings is 1. The van der Waals surface area contributed by atoms with Crippen molar-refractivity contribution in [2.24, 2.45) is 17.6 Å². The molecule has 1 amide bonds. The molecule has 1 aliphatic carbocycles. The predicted octanol–water partition coefficient (Wildman–Crippen LogP) is 3.46. The van der Waals surface area contributed by atoms with Crippen molar-refractivity contribution < 1.29 is 4.79 Å². The van der Waals surface area contributed by atoms with E-state index in [1.165, 1.54) is 12.0 Å². The molecule has 3 N–H and O–H groups in total. The molecule has 0 heterocycles. The smallest absolute Gasteiger partial charge is 0.227 e. The summed E-state index contributed by atoms with van der Waals surface area (Å²) in [7, 11) is 0. The first kappa shape index (κ1) is 14.5. The van der Waals surface area contributed by atoms with Gasteiger partial charge in [0.05, 0.1) is 5.69 Å². The second kappa shape index (κ2) is 6.53. The van der Waals surface area contributed by atoms with Gasteiger partial charge >= 0.3 is 0 Å². The topological polar surface area (TPSA) is 55.1 Å². The summed E-state index contributed by atoms with van der Waals surface area (Å²) in [5.74, 6) is 0.504. The number of halogens is 1. The van der Waals surface area contributed by atoms with E-state index in [0.29, 0.717) is 12.5 Å². The highest BCUT2D eigenvalue weighted by Crippen LogP contribution is 2.31. The number of nitrogens with two attached hydrogens (primary N) is 1. The molecular weight excluding hydrogens is 304 g/mol. The molecule has 2 rings (SSSR count). The molecule has 3 nitrogen and oxygen atoms in total. The standard InChI is InChI=1S/C15H21BrN2O/c1-10-6-7-14(13(16)8-10)18-15(19)12-5-3-2-4-11(12)9-17/h6-8,11-12H,2-5,9,17H2,1H3,(H,18,19). The number of aryl methyl sites for hydroxylation is 1. The monoisotopic (exact) mass is 324 g/mol. The maximum absolute atomic E-state index is 12.4. The Morgan fingerprint density at radius 3 is 2.84 bits per heavy atom. The molecule has 0 aliphatic heterocycles. The first-order valence-electron chi connectivity index (χ1n) is 6.89. The highest BCUT2D eigenvalue weighted by Gasteiger charge is 2.30. The Labute approximate surface area is 123 Å². The van der Waals surface area contributed by atoms with E-state index in [1.54, 1.807) is 0 Å². The SMILES string of the molecule is Cc1ccc(NC(=O)C2CCCCC2CN)c(Br)c1. The van der Waals surface area contributed by atoms with Crippen LogP contribution >= 0.6 is 15.9 Å². The van der Waals surface area contributed by atoms with Gasteiger partial charge in [-0.25, -0.2) is 0 Å². The molecule has 1 fully saturated rings. The van der Waals surface area contributed by atoms with Crippen molar-refractivity contribution >= 4 is 27.5 Å². The number of nitrogens with one attached hydrogen (secondary N) is 1. The first-order valence-corrected chi connectivity index (χ1v) is 7.68. The number of carbonyl (C=O) groups is 1. The summed E-state index contributed by atoms with van der Waals surface area (Å²) in [6, 6.07) is 5.95. The van der Waals surface area contributed by atoms with E-state index < -0.39 is 0 Å². The third-order valence-corrected chi connectivity index (χ3v) is 4.59. The van der Waals surface area contributed by atoms with E-state index in [0.717, 1.165) is 29.4 Å². The summed E-state index contributed by atoms with van der Waals surface area (Å²) in [5.41, 5.74) is 7.80. The Morgan fingerprint density at radius 1 is 1.42 bits per heavy atom. The van der Waals surface area contributed by atoms with Crippen LogP contribution in [-0.4, -0.2) is 12.5 Å². The highest BCUT2D eigenvalue weighted by molar-refractivity contribution is 9.10. The van der Waals surface area contributed by atoms with Crippen LogP contribution < -0.4 is 11.1 Å². The van der Waals surface area contributed by atoms with Gasteiger partial charge in [0, 0.05) is 10.4 Å². The fraction of sp³-hybridized carbons (Fsp3) is 0.533. The lowest BCUT2D eigenvalue weighted by atomic mass is 9.78. The molecule has 104 valence electrons. The van der Waals surface area contributed by atoms with Gasteiger partial charge in [0.25, 0.3) is 0 Å². The van der Waals surface area contributed by atoms with E-state index >= 15 is 0 Å². The molecule has 0 bridgehead atoms. The van der Waals surface area contributed by atoms with Crippen LogP contribution in [0.5, 0.6) is 0 Å². The Balaban J connectivity index is 2.07. The van der Waals surface area contributed by atoms with Crippen LogP contribution in [0.15, 0.2) is 22.7 Å². The molecule has 1 aromatic carbocycles. The van der Waals surface area contributed by atoms with E-state index in [2.05, 4.69) is 21.2 Å². The molecule has 2 unspecified atom stereocenters. The van der Waals surface area contributed by atoms with Crippen molar-refractivity contribution in [2.45, 2.75) is 32.6 Å². The normalized spacial score (nSPS) is 23.1. The fourth-order valence-corrected chi connectivity index (χ4v) is 3.37. The van der Waals surface area contributed by atoms with Gasteiger partial charge in [-0.15, -0.1) is 0 Å². The van der Waals surface area contributed by atoms with Gasteiger partial charge in [0.2, 0.25) is 5.91 Å². The van der Waals surface area contributed by atoms with Gasteiger partial charge in [-0.2, -0.15) is 0 Å². The molecule has 1 saturated carbocycles. The third kappa shape index (κ3) is 3.57. The van der Waals surface area contributed by atoms with Crippen molar-refractivity contribution in [1.29, 1.82) is 0 Å². The number of carbonyl (C=O) groups excluding carboxylic acids is 1. The summed E-state index contributed by atoms with van der Waals surface area (Å²) in [6.45, 7) is 2.63. The minimum absolute atomic E-state index is 0.0620. The second-order valence-corrected chi connectivity index (χ2v) is 6.21. The van der Waals surface area contributed by atoms with Crippen LogP contribution in [0.2, 0.25) is 0 Å². The molecule has 0 radical (unpaired) electrons. The van der Waals surface area contributed by atoms with Gasteiger partial charge in [0.1, 0.15) is 0 Å². The van der Waals surface area contributed by atoms with Crippen molar-refractivity contribution in [3.05, 3.63) is 28.2 Å². The highest BCUT2D eigenvalue weighted by atomic mass is 79.9. The van der Waals surface area contributed by atoms with Gasteiger partial charge in [-0.3, -0.25) is 4.79 Å². The van der Waals surface area contributed by atoms with Gasteiger partial charge in [-0.05, 0) is 65.9 Å². The molecule has 0 spiro atoms. The molecule has 4 heteroatoms. The predicted molar refractivity (Wildman–Crippen MR) is 82.0 cm³/mol. The zero-order chi connectivity index (χ0) is 13.8. The number of hydrogen-bond acceptors (Lipinski definition) is 2.